The summed E-state index contributed by atoms with van der Waals surface area (Å²) in [5.41, 5.74) is 10.8. The van der Waals surface area contributed by atoms with Crippen LogP contribution in [-0.2, 0) is 11.3 Å². The minimum Gasteiger partial charge on any atom is -0.488 e. The summed E-state index contributed by atoms with van der Waals surface area (Å²) in [6, 6.07) is 14.1. The van der Waals surface area contributed by atoms with Crippen LogP contribution < -0.4 is 15.8 Å². The van der Waals surface area contributed by atoms with Crippen molar-refractivity contribution < 1.29 is 23.0 Å². The Bertz CT molecular complexity index is 1570. The molecule has 8 nitrogen and oxygen atoms in total. The van der Waals surface area contributed by atoms with E-state index in [4.69, 9.17) is 20.2 Å². The zero-order valence-electron chi connectivity index (χ0n) is 22.0. The molecule has 0 saturated carbocycles. The number of carbonyl (C=O) groups is 1. The number of fused-ring (bicyclic) bond motifs is 3. The number of hydrogen-bond donors (Lipinski definition) is 2. The SMILES string of the molecule is C[C@H](CN1CCOCC1)n1c(NC(N)=O)nc2cc(C=C3c4ccc(F)cc4COc4cc(F)ccc43)ccc21. The van der Waals surface area contributed by atoms with Gasteiger partial charge in [-0.3, -0.25) is 10.2 Å². The Kier molecular flexibility index (Phi) is 6.95. The molecule has 3 aromatic carbocycles. The lowest BCUT2D eigenvalue weighted by molar-refractivity contribution is 0.0329. The normalized spacial score (nSPS) is 17.1. The van der Waals surface area contributed by atoms with Gasteiger partial charge in [-0.05, 0) is 66.1 Å². The van der Waals surface area contributed by atoms with Gasteiger partial charge in [-0.25, -0.2) is 18.6 Å². The van der Waals surface area contributed by atoms with E-state index in [1.165, 1.54) is 24.3 Å². The Hall–Kier alpha value is -4.28. The van der Waals surface area contributed by atoms with E-state index in [9.17, 15) is 13.6 Å². The lowest BCUT2D eigenvalue weighted by Gasteiger charge is -2.30. The zero-order chi connectivity index (χ0) is 27.8. The van der Waals surface area contributed by atoms with Gasteiger partial charge in [-0.1, -0.05) is 12.1 Å². The molecule has 1 saturated heterocycles. The molecular formula is C30H29F2N5O3. The molecule has 0 aliphatic carbocycles. The summed E-state index contributed by atoms with van der Waals surface area (Å²) in [4.78, 5) is 18.8. The molecule has 1 atom stereocenters. The van der Waals surface area contributed by atoms with E-state index in [2.05, 4.69) is 17.1 Å². The molecule has 1 fully saturated rings. The third-order valence-corrected chi connectivity index (χ3v) is 7.30. The Labute approximate surface area is 230 Å². The Morgan fingerprint density at radius 1 is 1.07 bits per heavy atom. The van der Waals surface area contributed by atoms with Crippen molar-refractivity contribution in [3.8, 4) is 5.75 Å². The third-order valence-electron chi connectivity index (χ3n) is 7.30. The van der Waals surface area contributed by atoms with Gasteiger partial charge in [-0.2, -0.15) is 0 Å². The van der Waals surface area contributed by atoms with E-state index in [-0.39, 0.29) is 18.5 Å². The average Bonchev–Trinajstić information content (AvgIpc) is 3.20. The average molecular weight is 546 g/mol. The van der Waals surface area contributed by atoms with E-state index in [0.29, 0.717) is 41.6 Å². The number of benzene rings is 3. The number of nitrogens with zero attached hydrogens (tertiary/aromatic N) is 3. The maximum absolute atomic E-state index is 14.1. The minimum absolute atomic E-state index is 0.00305. The number of hydrogen-bond acceptors (Lipinski definition) is 5. The van der Waals surface area contributed by atoms with Gasteiger partial charge < -0.3 is 19.8 Å². The smallest absolute Gasteiger partial charge is 0.318 e. The molecule has 0 bridgehead atoms. The van der Waals surface area contributed by atoms with Gasteiger partial charge in [0.15, 0.2) is 0 Å². The second-order valence-electron chi connectivity index (χ2n) is 10.1. The van der Waals surface area contributed by atoms with Gasteiger partial charge >= 0.3 is 6.03 Å². The second-order valence-corrected chi connectivity index (χ2v) is 10.1. The number of rotatable bonds is 5. The first-order chi connectivity index (χ1) is 19.4. The molecule has 0 unspecified atom stereocenters. The number of primary amides is 1. The zero-order valence-corrected chi connectivity index (χ0v) is 22.0. The fraction of sp³-hybridized carbons (Fsp3) is 0.267. The molecule has 3 heterocycles. The van der Waals surface area contributed by atoms with Crippen molar-refractivity contribution in [2.45, 2.75) is 19.6 Å². The highest BCUT2D eigenvalue weighted by atomic mass is 19.1. The summed E-state index contributed by atoms with van der Waals surface area (Å²) in [5, 5.41) is 2.67. The molecule has 206 valence electrons. The van der Waals surface area contributed by atoms with E-state index < -0.39 is 11.8 Å². The van der Waals surface area contributed by atoms with Crippen LogP contribution in [0, 0.1) is 11.6 Å². The maximum Gasteiger partial charge on any atom is 0.318 e. The molecule has 2 amide bonds. The van der Waals surface area contributed by atoms with E-state index in [0.717, 1.165) is 41.9 Å². The lowest BCUT2D eigenvalue weighted by Crippen LogP contribution is -2.39. The van der Waals surface area contributed by atoms with Gasteiger partial charge in [0, 0.05) is 42.9 Å². The van der Waals surface area contributed by atoms with E-state index in [1.54, 1.807) is 12.1 Å². The number of carbonyl (C=O) groups excluding carboxylic acids is 1. The van der Waals surface area contributed by atoms with E-state index in [1.807, 2.05) is 28.8 Å². The lowest BCUT2D eigenvalue weighted by atomic mass is 9.92. The number of anilines is 1. The van der Waals surface area contributed by atoms with Gasteiger partial charge in [0.1, 0.15) is 24.0 Å². The van der Waals surface area contributed by atoms with Crippen molar-refractivity contribution in [1.29, 1.82) is 0 Å². The fourth-order valence-corrected chi connectivity index (χ4v) is 5.49. The number of halogens is 2. The number of ether oxygens (including phenoxy) is 2. The van der Waals surface area contributed by atoms with Gasteiger partial charge in [-0.15, -0.1) is 0 Å². The Balaban J connectivity index is 1.44. The molecule has 4 aromatic rings. The van der Waals surface area contributed by atoms with E-state index >= 15 is 0 Å². The monoisotopic (exact) mass is 545 g/mol. The molecule has 1 aromatic heterocycles. The first-order valence-corrected chi connectivity index (χ1v) is 13.2. The van der Waals surface area contributed by atoms with Crippen molar-refractivity contribution in [1.82, 2.24) is 14.5 Å². The molecule has 0 radical (unpaired) electrons. The van der Waals surface area contributed by atoms with Crippen LogP contribution in [0.4, 0.5) is 19.5 Å². The molecule has 2 aliphatic rings. The second kappa shape index (κ2) is 10.7. The first-order valence-electron chi connectivity index (χ1n) is 13.2. The van der Waals surface area contributed by atoms with Gasteiger partial charge in [0.2, 0.25) is 5.95 Å². The van der Waals surface area contributed by atoms with Crippen LogP contribution in [0.5, 0.6) is 5.75 Å². The van der Waals surface area contributed by atoms with Crippen molar-refractivity contribution in [3.05, 3.63) is 88.5 Å². The topological polar surface area (TPSA) is 94.6 Å². The maximum atomic E-state index is 14.1. The predicted molar refractivity (Wildman–Crippen MR) is 149 cm³/mol. The predicted octanol–water partition coefficient (Wildman–Crippen LogP) is 5.18. The van der Waals surface area contributed by atoms with Crippen LogP contribution in [0.15, 0.2) is 54.6 Å². The van der Waals surface area contributed by atoms with Crippen LogP contribution >= 0.6 is 0 Å². The van der Waals surface area contributed by atoms with Crippen LogP contribution in [-0.4, -0.2) is 53.3 Å². The number of nitrogens with two attached hydrogens (primary N) is 1. The standard InChI is InChI=1S/C30H29F2N5O3/c1-18(16-36-8-10-39-11-9-36)37-27-7-2-19(13-26(27)34-30(37)35-29(33)38)12-25-23-5-3-21(31)14-20(23)17-40-28-15-22(32)4-6-24(25)28/h2-7,12-15,18H,8-11,16-17H2,1H3,(H3,33,34,35,38)/t18-/m1/s1. The number of nitrogens with one attached hydrogen (secondary N) is 1. The van der Waals surface area contributed by atoms with Gasteiger partial charge in [0.05, 0.1) is 24.2 Å². The summed E-state index contributed by atoms with van der Waals surface area (Å²) in [6.07, 6.45) is 1.96. The van der Waals surface area contributed by atoms with Crippen LogP contribution in [0.1, 0.15) is 35.2 Å². The molecular weight excluding hydrogens is 516 g/mol. The number of morpholine rings is 1. The minimum atomic E-state index is -0.691. The summed E-state index contributed by atoms with van der Waals surface area (Å²) >= 11 is 0. The number of urea groups is 1. The molecule has 3 N–H and O–H groups in total. The summed E-state index contributed by atoms with van der Waals surface area (Å²) in [7, 11) is 0. The summed E-state index contributed by atoms with van der Waals surface area (Å²) < 4.78 is 41.5. The molecule has 6 rings (SSSR count). The van der Waals surface area contributed by atoms with Crippen molar-refractivity contribution in [3.63, 3.8) is 0 Å². The number of amides is 2. The highest BCUT2D eigenvalue weighted by molar-refractivity contribution is 5.96. The van der Waals surface area contributed by atoms with Crippen LogP contribution in [0.25, 0.3) is 22.7 Å². The van der Waals surface area contributed by atoms with Crippen molar-refractivity contribution in [2.75, 3.05) is 38.2 Å². The molecule has 0 spiro atoms. The number of aromatic nitrogens is 2. The third kappa shape index (κ3) is 5.15. The first kappa shape index (κ1) is 26.0. The van der Waals surface area contributed by atoms with Gasteiger partial charge in [0.25, 0.3) is 0 Å². The Morgan fingerprint density at radius 2 is 1.82 bits per heavy atom. The molecule has 2 aliphatic heterocycles. The fourth-order valence-electron chi connectivity index (χ4n) is 5.49. The summed E-state index contributed by atoms with van der Waals surface area (Å²) in [5.74, 6) is -0.0231. The number of imidazole rings is 1. The summed E-state index contributed by atoms with van der Waals surface area (Å²) in [6.45, 7) is 6.02. The largest absolute Gasteiger partial charge is 0.488 e. The van der Waals surface area contributed by atoms with Crippen LogP contribution in [0.2, 0.25) is 0 Å². The Morgan fingerprint density at radius 3 is 2.60 bits per heavy atom. The molecule has 10 heteroatoms. The highest BCUT2D eigenvalue weighted by Crippen LogP contribution is 2.39. The van der Waals surface area contributed by atoms with Crippen LogP contribution in [0.3, 0.4) is 0 Å². The quantitative estimate of drug-likeness (QED) is 0.361. The van der Waals surface area contributed by atoms with Crippen molar-refractivity contribution >= 4 is 34.7 Å². The molecule has 40 heavy (non-hydrogen) atoms. The van der Waals surface area contributed by atoms with Crippen molar-refractivity contribution in [2.24, 2.45) is 5.73 Å². The highest BCUT2D eigenvalue weighted by Gasteiger charge is 2.23.